The predicted molar refractivity (Wildman–Crippen MR) is 67.4 cm³/mol. The summed E-state index contributed by atoms with van der Waals surface area (Å²) in [6.45, 7) is 0. The molecule has 0 aliphatic rings. The van der Waals surface area contributed by atoms with Gasteiger partial charge in [0.05, 0.1) is 0 Å². The van der Waals surface area contributed by atoms with E-state index in [4.69, 9.17) is 63.1 Å². The first-order chi connectivity index (χ1) is 11.9. The van der Waals surface area contributed by atoms with E-state index in [0.29, 0.717) is 0 Å². The van der Waals surface area contributed by atoms with Gasteiger partial charge in [-0.15, -0.1) is 0 Å². The van der Waals surface area contributed by atoms with Crippen LogP contribution < -0.4 is 0 Å². The van der Waals surface area contributed by atoms with Crippen LogP contribution in [-0.4, -0.2) is 0 Å². The Balaban J connectivity index is -0.0000000640. The van der Waals surface area contributed by atoms with Gasteiger partial charge in [0.25, 0.3) is 0 Å². The van der Waals surface area contributed by atoms with Crippen LogP contribution in [0.5, 0.6) is 0 Å². The summed E-state index contributed by atoms with van der Waals surface area (Å²) in [6, 6.07) is 0. The summed E-state index contributed by atoms with van der Waals surface area (Å²) in [5.74, 6) is 0. The van der Waals surface area contributed by atoms with Gasteiger partial charge in [-0.05, 0) is 0 Å². The van der Waals surface area contributed by atoms with Gasteiger partial charge in [0.15, 0.2) is 0 Å². The van der Waals surface area contributed by atoms with Crippen LogP contribution in [0.2, 0.25) is 0 Å². The fraction of sp³-hybridized carbons (Fsp3) is 0. The number of hydrogen-bond acceptors (Lipinski definition) is 12. The quantitative estimate of drug-likeness (QED) is 0.301. The maximum Gasteiger partial charge on any atom is 2.00 e. The second kappa shape index (κ2) is 12.4. The van der Waals surface area contributed by atoms with Crippen LogP contribution in [0, 0.1) is 123 Å². The van der Waals surface area contributed by atoms with Gasteiger partial charge < -0.3 is 0 Å². The second-order valence-corrected chi connectivity index (χ2v) is 14.8. The molecule has 5 radical (unpaired) electrons. The molecule has 0 bridgehead atoms. The largest absolute Gasteiger partial charge is 2.00 e. The van der Waals surface area contributed by atoms with Crippen LogP contribution in [0.1, 0.15) is 0 Å². The summed E-state index contributed by atoms with van der Waals surface area (Å²) in [6.07, 6.45) is 0. The average molecular weight is 742 g/mol. The minimum atomic E-state index is -6.17. The molecule has 0 spiro atoms. The van der Waals surface area contributed by atoms with Crippen molar-refractivity contribution < 1.29 is 107 Å². The third kappa shape index (κ3) is 5.42. The van der Waals surface area contributed by atoms with E-state index in [0.717, 1.165) is 59.6 Å². The van der Waals surface area contributed by atoms with Gasteiger partial charge in [-0.2, -0.15) is 0 Å². The molecule has 0 aliphatic carbocycles. The first-order valence-corrected chi connectivity index (χ1v) is 11.4. The predicted octanol–water partition coefficient (Wildman–Crippen LogP) is 0.184. The molecule has 0 aromatic rings. The van der Waals surface area contributed by atoms with Crippen LogP contribution in [0.4, 0.5) is 0 Å². The molecule has 0 atom stereocenters. The molecule has 179 valence electrons. The molecule has 0 aliphatic heterocycles. The SMILES string of the molecule is N#[C][Fe-5]([C]#N)([C]#N)([C]#N)([C]#N)[C]#N.N#[C][Fe-5]([C]#N)([C]#N)([C]#N)([C]#N)[C]#N.[Cu+2].[Cu+2].[Cu+2].[Cu+2].[Cu+2]. The minimum absolute atomic E-state index is 0. The summed E-state index contributed by atoms with van der Waals surface area (Å²) in [5.41, 5.74) is 0. The van der Waals surface area contributed by atoms with E-state index in [1.807, 2.05) is 0 Å². The van der Waals surface area contributed by atoms with Crippen molar-refractivity contribution in [2.45, 2.75) is 0 Å². The monoisotopic (exact) mass is 739 g/mol. The third-order valence-electron chi connectivity index (χ3n) is 2.37. The molecule has 0 unspecified atom stereocenters. The zero-order valence-electron chi connectivity index (χ0n) is 13.6. The summed E-state index contributed by atoms with van der Waals surface area (Å²) in [7, 11) is -12.3. The number of nitriles is 12. The molecule has 0 aromatic carbocycles. The van der Waals surface area contributed by atoms with E-state index in [1.54, 1.807) is 0 Å². The van der Waals surface area contributed by atoms with Crippen LogP contribution in [0.15, 0.2) is 0 Å². The van der Waals surface area contributed by atoms with Gasteiger partial charge in [0.2, 0.25) is 0 Å². The van der Waals surface area contributed by atoms with Crippen LogP contribution >= 0.6 is 0 Å². The van der Waals surface area contributed by atoms with E-state index in [1.165, 1.54) is 0 Å². The first-order valence-electron chi connectivity index (χ1n) is 4.80. The number of hydrogen-bond donors (Lipinski definition) is 0. The molecule has 12 nitrogen and oxygen atoms in total. The summed E-state index contributed by atoms with van der Waals surface area (Å²) in [4.78, 5) is 12.4. The van der Waals surface area contributed by atoms with E-state index < -0.39 is 21.5 Å². The van der Waals surface area contributed by atoms with Crippen LogP contribution in [0.3, 0.4) is 0 Å². The topological polar surface area (TPSA) is 285 Å². The van der Waals surface area contributed by atoms with Crippen molar-refractivity contribution >= 4 is 0 Å². The number of rotatable bonds is 0. The van der Waals surface area contributed by atoms with E-state index in [-0.39, 0.29) is 85.3 Å². The maximum atomic E-state index is 8.58. The molecule has 0 heterocycles. The molecule has 0 rings (SSSR count). The summed E-state index contributed by atoms with van der Waals surface area (Å²) >= 11 is 0. The van der Waals surface area contributed by atoms with E-state index >= 15 is 0 Å². The number of nitrogens with zero attached hydrogens (tertiary/aromatic N) is 12. The van der Waals surface area contributed by atoms with Gasteiger partial charge in [0, 0.05) is 0 Å². The van der Waals surface area contributed by atoms with E-state index in [2.05, 4.69) is 0 Å². The third-order valence-corrected chi connectivity index (χ3v) is 9.78. The van der Waals surface area contributed by atoms with Crippen molar-refractivity contribution in [3.63, 3.8) is 0 Å². The molecular formula is C12Cu5Fe2N12. The molecule has 0 N–H and O–H groups in total. The normalized spacial score (nSPS) is 11.2. The van der Waals surface area contributed by atoms with Crippen molar-refractivity contribution in [1.29, 1.82) is 63.1 Å². The van der Waals surface area contributed by atoms with Gasteiger partial charge in [-0.3, -0.25) is 0 Å². The van der Waals surface area contributed by atoms with Crippen molar-refractivity contribution in [1.82, 2.24) is 0 Å². The maximum absolute atomic E-state index is 8.58. The Kier molecular flexibility index (Phi) is 18.6. The Morgan fingerprint density at radius 1 is 0.226 bits per heavy atom. The zero-order chi connectivity index (χ0) is 21.3. The second-order valence-electron chi connectivity index (χ2n) is 3.60. The first kappa shape index (κ1) is 46.6. The molecular weight excluding hydrogens is 742 g/mol. The molecule has 0 saturated carbocycles. The molecule has 0 aromatic heterocycles. The molecule has 0 saturated heterocycles. The Labute approximate surface area is 227 Å². The zero-order valence-corrected chi connectivity index (χ0v) is 20.5. The fourth-order valence-corrected chi connectivity index (χ4v) is 2.19. The van der Waals surface area contributed by atoms with Crippen LogP contribution in [-0.2, 0) is 107 Å². The molecule has 0 amide bonds. The van der Waals surface area contributed by atoms with Crippen LogP contribution in [0.25, 0.3) is 0 Å². The van der Waals surface area contributed by atoms with Crippen molar-refractivity contribution in [2.24, 2.45) is 0 Å². The average Bonchev–Trinajstić information content (AvgIpc) is 2.77. The van der Waals surface area contributed by atoms with Gasteiger partial charge in [-0.25, -0.2) is 0 Å². The van der Waals surface area contributed by atoms with Crippen molar-refractivity contribution in [3.05, 3.63) is 0 Å². The molecule has 0 fully saturated rings. The van der Waals surface area contributed by atoms with E-state index in [9.17, 15) is 0 Å². The van der Waals surface area contributed by atoms with Crippen molar-refractivity contribution in [3.8, 4) is 59.6 Å². The summed E-state index contributed by atoms with van der Waals surface area (Å²) < 4.78 is 0. The minimum Gasteiger partial charge on any atom is 2.00 e. The molecule has 19 heteroatoms. The Hall–Kier alpha value is -2.48. The smallest absolute Gasteiger partial charge is 2.00 e. The van der Waals surface area contributed by atoms with Gasteiger partial charge in [0.1, 0.15) is 0 Å². The molecule has 31 heavy (non-hydrogen) atoms. The Morgan fingerprint density at radius 3 is 0.290 bits per heavy atom. The van der Waals surface area contributed by atoms with Gasteiger partial charge >= 0.3 is 230 Å². The van der Waals surface area contributed by atoms with Gasteiger partial charge in [-0.1, -0.05) is 0 Å². The van der Waals surface area contributed by atoms with Crippen molar-refractivity contribution in [2.75, 3.05) is 0 Å². The standard InChI is InChI=1S/12CN.5Cu.2Fe/c12*1-2;;;;;;;/q;;;;;;;;;;;;5*+2;2*-5. The Bertz CT molecular complexity index is 896. The summed E-state index contributed by atoms with van der Waals surface area (Å²) in [5, 5.41) is 103. The fourth-order valence-electron chi connectivity index (χ4n) is 0.530. The Morgan fingerprint density at radius 2 is 0.290 bits per heavy atom.